The van der Waals surface area contributed by atoms with Crippen molar-refractivity contribution in [2.45, 2.75) is 57.5 Å². The van der Waals surface area contributed by atoms with E-state index in [4.69, 9.17) is 19.6 Å². The minimum atomic E-state index is -0.111. The van der Waals surface area contributed by atoms with Crippen molar-refractivity contribution in [2.24, 2.45) is 11.8 Å². The van der Waals surface area contributed by atoms with E-state index >= 15 is 0 Å². The third-order valence-corrected chi connectivity index (χ3v) is 8.44. The van der Waals surface area contributed by atoms with Gasteiger partial charge in [-0.15, -0.1) is 0 Å². The molecule has 0 bridgehead atoms. The molecule has 1 atom stereocenters. The lowest BCUT2D eigenvalue weighted by Gasteiger charge is -2.30. The van der Waals surface area contributed by atoms with Crippen molar-refractivity contribution in [3.63, 3.8) is 0 Å². The maximum absolute atomic E-state index is 12.7. The van der Waals surface area contributed by atoms with Crippen LogP contribution in [0, 0.1) is 18.8 Å². The summed E-state index contributed by atoms with van der Waals surface area (Å²) in [7, 11) is 0. The molecular weight excluding hydrogens is 508 g/mol. The van der Waals surface area contributed by atoms with Gasteiger partial charge in [-0.05, 0) is 74.5 Å². The summed E-state index contributed by atoms with van der Waals surface area (Å²) in [5.74, 6) is 2.39. The maximum Gasteiger partial charge on any atom is 0.251 e. The number of hydrogen-bond donors (Lipinski definition) is 4. The molecular formula is C30H40N6O4. The highest BCUT2D eigenvalue weighted by atomic mass is 16.5. The number of rotatable bonds is 10. The monoisotopic (exact) mass is 548 g/mol. The first-order chi connectivity index (χ1) is 19.6. The molecule has 3 aromatic rings. The topological polar surface area (TPSA) is 122 Å². The number of aliphatic hydroxyl groups excluding tert-OH is 1. The van der Waals surface area contributed by atoms with Crippen LogP contribution in [0.1, 0.15) is 54.4 Å². The van der Waals surface area contributed by atoms with Gasteiger partial charge in [-0.25, -0.2) is 4.98 Å². The van der Waals surface area contributed by atoms with Gasteiger partial charge in [-0.3, -0.25) is 4.79 Å². The van der Waals surface area contributed by atoms with Crippen molar-refractivity contribution < 1.29 is 19.4 Å². The molecule has 40 heavy (non-hydrogen) atoms. The Morgan fingerprint density at radius 1 is 1.07 bits per heavy atom. The van der Waals surface area contributed by atoms with Gasteiger partial charge in [-0.1, -0.05) is 12.1 Å². The van der Waals surface area contributed by atoms with Gasteiger partial charge in [-0.2, -0.15) is 9.61 Å². The first-order valence-electron chi connectivity index (χ1n) is 14.7. The third kappa shape index (κ3) is 6.09. The number of amides is 1. The predicted octanol–water partition coefficient (Wildman–Crippen LogP) is 3.63. The number of carbonyl (C=O) groups excluding carboxylic acids is 1. The molecule has 3 fully saturated rings. The summed E-state index contributed by atoms with van der Waals surface area (Å²) in [5, 5.41) is 25.2. The lowest BCUT2D eigenvalue weighted by Crippen LogP contribution is -2.36. The summed E-state index contributed by atoms with van der Waals surface area (Å²) in [6, 6.07) is 8.10. The number of nitrogens with one attached hydrogen (secondary N) is 3. The van der Waals surface area contributed by atoms with Crippen LogP contribution in [0.15, 0.2) is 30.5 Å². The average Bonchev–Trinajstić information content (AvgIpc) is 3.70. The molecule has 1 saturated carbocycles. The minimum absolute atomic E-state index is 0.0150. The van der Waals surface area contributed by atoms with E-state index in [9.17, 15) is 9.90 Å². The fourth-order valence-electron chi connectivity index (χ4n) is 5.76. The Morgan fingerprint density at radius 3 is 2.52 bits per heavy atom. The Kier molecular flexibility index (Phi) is 8.17. The highest BCUT2D eigenvalue weighted by molar-refractivity contribution is 5.97. The molecule has 1 amide bonds. The molecule has 0 unspecified atom stereocenters. The first kappa shape index (κ1) is 27.0. The van der Waals surface area contributed by atoms with E-state index in [2.05, 4.69) is 16.0 Å². The molecule has 4 N–H and O–H groups in total. The third-order valence-electron chi connectivity index (χ3n) is 8.44. The Bertz CT molecular complexity index is 1330. The number of aliphatic hydroxyl groups is 1. The molecule has 4 heterocycles. The highest BCUT2D eigenvalue weighted by Gasteiger charge is 2.26. The van der Waals surface area contributed by atoms with E-state index < -0.39 is 0 Å². The number of nitrogens with zero attached hydrogens (tertiary/aromatic N) is 3. The normalized spacial score (nSPS) is 19.4. The molecule has 2 saturated heterocycles. The zero-order chi connectivity index (χ0) is 27.5. The minimum Gasteiger partial charge on any atom is -0.394 e. The molecule has 6 rings (SSSR count). The summed E-state index contributed by atoms with van der Waals surface area (Å²) in [6.07, 6.45) is 7.85. The van der Waals surface area contributed by atoms with Crippen LogP contribution >= 0.6 is 0 Å². The summed E-state index contributed by atoms with van der Waals surface area (Å²) in [4.78, 5) is 17.7. The molecule has 10 nitrogen and oxygen atoms in total. The Balaban J connectivity index is 1.31. The van der Waals surface area contributed by atoms with Crippen molar-refractivity contribution in [1.29, 1.82) is 0 Å². The SMILES string of the molecule is Cc1cc(-c2cnn3c(NCC4CCOCC4)cc(N[C@H](CO)C4CCOCC4)nc23)ccc1C(=O)NC1CC1. The second kappa shape index (κ2) is 12.1. The van der Waals surface area contributed by atoms with Crippen LogP contribution in [0.5, 0.6) is 0 Å². The lowest BCUT2D eigenvalue weighted by atomic mass is 9.92. The van der Waals surface area contributed by atoms with Gasteiger partial charge in [0.1, 0.15) is 11.6 Å². The predicted molar refractivity (Wildman–Crippen MR) is 154 cm³/mol. The number of aromatic nitrogens is 3. The van der Waals surface area contributed by atoms with Gasteiger partial charge in [0.05, 0.1) is 18.8 Å². The fraction of sp³-hybridized carbons (Fsp3) is 0.567. The molecule has 10 heteroatoms. The number of anilines is 2. The van der Waals surface area contributed by atoms with Gasteiger partial charge < -0.3 is 30.5 Å². The van der Waals surface area contributed by atoms with Crippen molar-refractivity contribution in [1.82, 2.24) is 19.9 Å². The van der Waals surface area contributed by atoms with Gasteiger partial charge >= 0.3 is 0 Å². The average molecular weight is 549 g/mol. The van der Waals surface area contributed by atoms with Gasteiger partial charge in [0.25, 0.3) is 5.91 Å². The van der Waals surface area contributed by atoms with Crippen molar-refractivity contribution in [3.05, 3.63) is 41.6 Å². The molecule has 1 aromatic carbocycles. The summed E-state index contributed by atoms with van der Waals surface area (Å²) < 4.78 is 12.9. The van der Waals surface area contributed by atoms with E-state index in [1.165, 1.54) is 0 Å². The highest BCUT2D eigenvalue weighted by Crippen LogP contribution is 2.30. The maximum atomic E-state index is 12.7. The van der Waals surface area contributed by atoms with Crippen LogP contribution in [0.3, 0.4) is 0 Å². The molecule has 0 radical (unpaired) electrons. The number of benzene rings is 1. The van der Waals surface area contributed by atoms with E-state index in [1.807, 2.05) is 41.9 Å². The summed E-state index contributed by atoms with van der Waals surface area (Å²) >= 11 is 0. The van der Waals surface area contributed by atoms with Crippen LogP contribution in [-0.2, 0) is 9.47 Å². The van der Waals surface area contributed by atoms with Crippen molar-refractivity contribution >= 4 is 23.2 Å². The quantitative estimate of drug-likeness (QED) is 0.303. The largest absolute Gasteiger partial charge is 0.394 e. The lowest BCUT2D eigenvalue weighted by molar-refractivity contribution is 0.0533. The number of carbonyl (C=O) groups is 1. The van der Waals surface area contributed by atoms with Crippen LogP contribution in [-0.4, -0.2) is 77.3 Å². The van der Waals surface area contributed by atoms with E-state index in [-0.39, 0.29) is 18.6 Å². The molecule has 2 aliphatic heterocycles. The number of ether oxygens (including phenoxy) is 2. The van der Waals surface area contributed by atoms with Crippen LogP contribution in [0.4, 0.5) is 11.6 Å². The Morgan fingerprint density at radius 2 is 1.82 bits per heavy atom. The van der Waals surface area contributed by atoms with Gasteiger partial charge in [0.15, 0.2) is 5.65 Å². The number of fused-ring (bicyclic) bond motifs is 1. The Hall–Kier alpha value is -3.21. The number of hydrogen-bond acceptors (Lipinski definition) is 8. The fourth-order valence-corrected chi connectivity index (χ4v) is 5.76. The molecule has 214 valence electrons. The molecule has 1 aliphatic carbocycles. The second-order valence-electron chi connectivity index (χ2n) is 11.4. The van der Waals surface area contributed by atoms with Crippen LogP contribution in [0.2, 0.25) is 0 Å². The number of aryl methyl sites for hydroxylation is 1. The standard InChI is InChI=1S/C30H40N6O4/c1-19-14-22(2-5-24(19)30(38)33-23-3-4-23)25-17-32-36-28(31-16-20-6-10-39-11-7-20)15-27(35-29(25)36)34-26(18-37)21-8-12-40-13-9-21/h2,5,14-15,17,20-21,23,26,31,37H,3-4,6-13,16,18H2,1H3,(H,33,38)(H,34,35)/t26-/m1/s1. The van der Waals surface area contributed by atoms with Crippen molar-refractivity contribution in [2.75, 3.05) is 50.2 Å². The molecule has 0 spiro atoms. The van der Waals surface area contributed by atoms with Crippen molar-refractivity contribution in [3.8, 4) is 11.1 Å². The zero-order valence-corrected chi connectivity index (χ0v) is 23.2. The second-order valence-corrected chi connectivity index (χ2v) is 11.4. The van der Waals surface area contributed by atoms with E-state index in [1.54, 1.807) is 0 Å². The smallest absolute Gasteiger partial charge is 0.251 e. The molecule has 3 aliphatic rings. The summed E-state index contributed by atoms with van der Waals surface area (Å²) in [6.45, 7) is 5.85. The Labute approximate surface area is 234 Å². The van der Waals surface area contributed by atoms with E-state index in [0.717, 1.165) is 86.4 Å². The molecule has 2 aromatic heterocycles. The first-order valence-corrected chi connectivity index (χ1v) is 14.7. The zero-order valence-electron chi connectivity index (χ0n) is 23.2. The van der Waals surface area contributed by atoms with E-state index in [0.29, 0.717) is 42.5 Å². The van der Waals surface area contributed by atoms with Gasteiger partial charge in [0.2, 0.25) is 0 Å². The van der Waals surface area contributed by atoms with Crippen LogP contribution in [0.25, 0.3) is 16.8 Å². The summed E-state index contributed by atoms with van der Waals surface area (Å²) in [5.41, 5.74) is 4.18. The van der Waals surface area contributed by atoms with Crippen LogP contribution < -0.4 is 16.0 Å². The van der Waals surface area contributed by atoms with Gasteiger partial charge in [0, 0.05) is 56.2 Å².